The quantitative estimate of drug-likeness (QED) is 0.134. The van der Waals surface area contributed by atoms with E-state index in [9.17, 15) is 0 Å². The first-order chi connectivity index (χ1) is 51.6. The van der Waals surface area contributed by atoms with Crippen molar-refractivity contribution >= 4 is 108 Å². The Morgan fingerprint density at radius 1 is 0.219 bits per heavy atom. The van der Waals surface area contributed by atoms with Crippen molar-refractivity contribution < 1.29 is 0 Å². The molecule has 22 rings (SSSR count). The molecule has 2 aliphatic rings. The van der Waals surface area contributed by atoms with Crippen LogP contribution in [0.5, 0.6) is 0 Å². The average Bonchev–Trinajstić information content (AvgIpc) is 1.71. The molecule has 0 radical (unpaired) electrons. The molecule has 1 heteroatoms. The zero-order valence-electron chi connectivity index (χ0n) is 58.6. The largest absolute Gasteiger partial charge is 0.309 e. The number of benzene rings is 19. The molecule has 1 unspecified atom stereocenters. The number of rotatable bonds is 8. The van der Waals surface area contributed by atoms with Crippen LogP contribution in [0, 0.1) is 0 Å². The predicted molar refractivity (Wildman–Crippen MR) is 448 cm³/mol. The molecular weight excluding hydrogens is 1260 g/mol. The highest BCUT2D eigenvalue weighted by Gasteiger charge is 2.41. The lowest BCUT2D eigenvalue weighted by molar-refractivity contribution is 0.586. The predicted octanol–water partition coefficient (Wildman–Crippen LogP) is 28.2. The van der Waals surface area contributed by atoms with Gasteiger partial charge in [0.2, 0.25) is 0 Å². The van der Waals surface area contributed by atoms with E-state index in [1.165, 1.54) is 219 Å². The van der Waals surface area contributed by atoms with Crippen molar-refractivity contribution in [1.82, 2.24) is 4.57 Å². The highest BCUT2D eigenvalue weighted by molar-refractivity contribution is 6.31. The lowest BCUT2D eigenvalue weighted by Gasteiger charge is -2.29. The molecule has 0 fully saturated rings. The molecule has 1 aromatic heterocycles. The van der Waals surface area contributed by atoms with Gasteiger partial charge in [-0.05, 0) is 271 Å². The van der Waals surface area contributed by atoms with E-state index in [1.54, 1.807) is 0 Å². The zero-order valence-corrected chi connectivity index (χ0v) is 58.6. The topological polar surface area (TPSA) is 4.93 Å². The number of hydrogen-bond acceptors (Lipinski definition) is 0. The van der Waals surface area contributed by atoms with Crippen molar-refractivity contribution in [3.63, 3.8) is 0 Å². The normalized spacial score (nSPS) is 14.4. The lowest BCUT2D eigenvalue weighted by Crippen LogP contribution is -2.24. The summed E-state index contributed by atoms with van der Waals surface area (Å²) >= 11 is 0. The third-order valence-electron chi connectivity index (χ3n) is 24.3. The van der Waals surface area contributed by atoms with E-state index in [2.05, 4.69) is 377 Å². The van der Waals surface area contributed by atoms with Crippen molar-refractivity contribution in [2.24, 2.45) is 0 Å². The van der Waals surface area contributed by atoms with Gasteiger partial charge in [-0.3, -0.25) is 0 Å². The molecule has 0 saturated heterocycles. The van der Waals surface area contributed by atoms with Crippen LogP contribution in [0.3, 0.4) is 0 Å². The van der Waals surface area contributed by atoms with Gasteiger partial charge in [0.05, 0.1) is 11.0 Å². The van der Waals surface area contributed by atoms with Crippen molar-refractivity contribution in [3.05, 3.63) is 380 Å². The first kappa shape index (κ1) is 59.7. The second-order valence-electron chi connectivity index (χ2n) is 30.4. The molecule has 2 aliphatic carbocycles. The van der Waals surface area contributed by atoms with Crippen LogP contribution >= 0.6 is 0 Å². The van der Waals surface area contributed by atoms with Gasteiger partial charge < -0.3 is 4.57 Å². The Morgan fingerprint density at radius 3 is 1.32 bits per heavy atom. The molecule has 1 heterocycles. The van der Waals surface area contributed by atoms with Crippen LogP contribution in [0.2, 0.25) is 0 Å². The van der Waals surface area contributed by atoms with Gasteiger partial charge >= 0.3 is 0 Å². The van der Waals surface area contributed by atoms with Crippen molar-refractivity contribution in [2.45, 2.75) is 38.0 Å². The first-order valence-corrected chi connectivity index (χ1v) is 37.1. The van der Waals surface area contributed by atoms with E-state index in [0.717, 1.165) is 6.42 Å². The minimum absolute atomic E-state index is 0.0822. The maximum absolute atomic E-state index is 2.53. The minimum Gasteiger partial charge on any atom is -0.309 e. The Hall–Kier alpha value is -12.9. The standard InChI is InChI=1S/C104H69N/c1-103(2)93-32-14-11-29-83(93)85-49-45-73(60-95(85)103)69-23-18-24-75(54-69)89-59-77-42-38-64-20-8-10-28-81(64)100(77)102-88(89)51-44-66-35-39-70(56-91(66)102)67-21-17-22-68(53-67)74-46-50-86-84-30-12-15-33-94(84)104(3,96(86)61-74)62-78-55-76-41-37-63-19-7-9-27-80(63)99(76)101-82(78)48-43-65-36-40-71(57-90(65)101)72-47-52-98-92(58-72)87-31-13-16-34-97(87)105(98)79-25-5-4-6-26-79/h4-61H,62H2,1-3H3. The van der Waals surface area contributed by atoms with Gasteiger partial charge in [-0.1, -0.05) is 300 Å². The molecule has 0 saturated carbocycles. The van der Waals surface area contributed by atoms with Gasteiger partial charge in [-0.25, -0.2) is 0 Å². The van der Waals surface area contributed by atoms with Gasteiger partial charge in [0.1, 0.15) is 0 Å². The van der Waals surface area contributed by atoms with Crippen LogP contribution in [-0.2, 0) is 17.3 Å². The van der Waals surface area contributed by atoms with E-state index >= 15 is 0 Å². The Bertz CT molecular complexity index is 7160. The van der Waals surface area contributed by atoms with Gasteiger partial charge in [-0.2, -0.15) is 0 Å². The lowest BCUT2D eigenvalue weighted by atomic mass is 9.73. The average molecular weight is 1330 g/mol. The first-order valence-electron chi connectivity index (χ1n) is 37.1. The Kier molecular flexibility index (Phi) is 12.8. The molecule has 19 aromatic carbocycles. The van der Waals surface area contributed by atoms with Gasteiger partial charge in [0.25, 0.3) is 0 Å². The van der Waals surface area contributed by atoms with Crippen molar-refractivity contribution in [2.75, 3.05) is 0 Å². The fourth-order valence-corrected chi connectivity index (χ4v) is 19.3. The number of aromatic nitrogens is 1. The monoisotopic (exact) mass is 1330 g/mol. The summed E-state index contributed by atoms with van der Waals surface area (Å²) in [6.07, 6.45) is 0.818. The van der Waals surface area contributed by atoms with Crippen molar-refractivity contribution in [3.8, 4) is 83.6 Å². The van der Waals surface area contributed by atoms with Crippen LogP contribution in [-0.4, -0.2) is 4.57 Å². The summed E-state index contributed by atoms with van der Waals surface area (Å²) in [5, 5.41) is 22.8. The molecule has 1 atom stereocenters. The van der Waals surface area contributed by atoms with Gasteiger partial charge in [0.15, 0.2) is 0 Å². The second-order valence-corrected chi connectivity index (χ2v) is 30.4. The van der Waals surface area contributed by atoms with Crippen molar-refractivity contribution in [1.29, 1.82) is 0 Å². The summed E-state index contributed by atoms with van der Waals surface area (Å²) < 4.78 is 2.40. The Labute approximate surface area is 609 Å². The summed E-state index contributed by atoms with van der Waals surface area (Å²) in [6, 6.07) is 134. The smallest absolute Gasteiger partial charge is 0.0541 e. The fourth-order valence-electron chi connectivity index (χ4n) is 19.3. The van der Waals surface area contributed by atoms with Crippen LogP contribution in [0.25, 0.3) is 192 Å². The maximum Gasteiger partial charge on any atom is 0.0541 e. The summed E-state index contributed by atoms with van der Waals surface area (Å²) in [5.41, 5.74) is 27.5. The van der Waals surface area contributed by atoms with Crippen LogP contribution < -0.4 is 0 Å². The fraction of sp³-hybridized carbons (Fsp3) is 0.0577. The van der Waals surface area contributed by atoms with Crippen LogP contribution in [0.1, 0.15) is 48.6 Å². The highest BCUT2D eigenvalue weighted by atomic mass is 15.0. The molecule has 20 aromatic rings. The van der Waals surface area contributed by atoms with Crippen LogP contribution in [0.4, 0.5) is 0 Å². The van der Waals surface area contributed by atoms with Gasteiger partial charge in [-0.15, -0.1) is 0 Å². The third kappa shape index (κ3) is 8.95. The van der Waals surface area contributed by atoms with E-state index in [4.69, 9.17) is 0 Å². The Morgan fingerprint density at radius 2 is 0.648 bits per heavy atom. The molecule has 490 valence electrons. The summed E-state index contributed by atoms with van der Waals surface area (Å²) in [7, 11) is 0. The SMILES string of the molecule is CC1(C)c2ccccc2-c2ccc(-c3cccc(-c4cc5ccc6ccccc6c5c5c4ccc4ccc(-c6cccc(-c7ccc8c(c7)C(C)(Cc7cc9ccc%10ccccc%10c9c9c7ccc7ccc(-c%10ccc%11c(c%10)c%10ccccc%10n%11-c%10ccccc%10)cc79)c7ccccc7-8)c6)cc45)c3)cc21. The number of hydrogen-bond donors (Lipinski definition) is 0. The maximum atomic E-state index is 2.53. The molecule has 0 bridgehead atoms. The van der Waals surface area contributed by atoms with E-state index < -0.39 is 0 Å². The highest BCUT2D eigenvalue weighted by Crippen LogP contribution is 2.55. The van der Waals surface area contributed by atoms with E-state index in [-0.39, 0.29) is 10.8 Å². The summed E-state index contributed by atoms with van der Waals surface area (Å²) in [4.78, 5) is 0. The molecule has 0 N–H and O–H groups in total. The Balaban J connectivity index is 0.661. The van der Waals surface area contributed by atoms with E-state index in [1.807, 2.05) is 0 Å². The second kappa shape index (κ2) is 22.5. The molecule has 0 aliphatic heterocycles. The van der Waals surface area contributed by atoms with E-state index in [0.29, 0.717) is 0 Å². The molecule has 0 amide bonds. The molecule has 1 nitrogen and oxygen atoms in total. The molecule has 105 heavy (non-hydrogen) atoms. The minimum atomic E-state index is -0.360. The molecular formula is C104H69N. The number of para-hydroxylation sites is 2. The third-order valence-corrected chi connectivity index (χ3v) is 24.3. The number of nitrogens with zero attached hydrogens (tertiary/aromatic N) is 1. The zero-order chi connectivity index (χ0) is 69.4. The summed E-state index contributed by atoms with van der Waals surface area (Å²) in [6.45, 7) is 7.26. The number of fused-ring (bicyclic) bond motifs is 23. The van der Waals surface area contributed by atoms with Crippen LogP contribution in [0.15, 0.2) is 352 Å². The summed E-state index contributed by atoms with van der Waals surface area (Å²) in [5.74, 6) is 0. The molecule has 0 spiro atoms. The van der Waals surface area contributed by atoms with Gasteiger partial charge in [0, 0.05) is 27.3 Å².